The summed E-state index contributed by atoms with van der Waals surface area (Å²) in [5.41, 5.74) is 2.02. The molecule has 8 heteroatoms. The third-order valence-electron chi connectivity index (χ3n) is 5.53. The Morgan fingerprint density at radius 1 is 1.03 bits per heavy atom. The van der Waals surface area contributed by atoms with Gasteiger partial charge in [-0.25, -0.2) is 8.42 Å². The quantitative estimate of drug-likeness (QED) is 0.590. The predicted octanol–water partition coefficient (Wildman–Crippen LogP) is 3.18. The molecule has 2 aromatic carbocycles. The molecule has 1 atom stereocenters. The van der Waals surface area contributed by atoms with Crippen molar-refractivity contribution in [3.8, 4) is 17.2 Å². The minimum absolute atomic E-state index is 0.0344. The van der Waals surface area contributed by atoms with Gasteiger partial charge in [0.05, 0.1) is 12.9 Å². The molecule has 166 valence electrons. The highest BCUT2D eigenvalue weighted by Gasteiger charge is 2.35. The van der Waals surface area contributed by atoms with Crippen LogP contribution in [0.2, 0.25) is 0 Å². The van der Waals surface area contributed by atoms with Gasteiger partial charge >= 0.3 is 0 Å². The predicted molar refractivity (Wildman–Crippen MR) is 118 cm³/mol. The molecular formula is C23H27NO6S. The zero-order valence-electron chi connectivity index (χ0n) is 17.7. The lowest BCUT2D eigenvalue weighted by atomic mass is 10.1. The van der Waals surface area contributed by atoms with Crippen LogP contribution in [0, 0.1) is 0 Å². The third kappa shape index (κ3) is 5.31. The van der Waals surface area contributed by atoms with Crippen molar-refractivity contribution < 1.29 is 27.4 Å². The molecule has 0 bridgehead atoms. The summed E-state index contributed by atoms with van der Waals surface area (Å²) in [6, 6.07) is 13.2. The largest absolute Gasteiger partial charge is 0.493 e. The Kier molecular flexibility index (Phi) is 6.09. The Labute approximate surface area is 182 Å². The van der Waals surface area contributed by atoms with Crippen LogP contribution in [0.4, 0.5) is 5.69 Å². The first kappa shape index (κ1) is 21.5. The number of carbonyl (C=O) groups excluding carboxylic acids is 1. The second kappa shape index (κ2) is 8.78. The molecule has 0 unspecified atom stereocenters. The van der Waals surface area contributed by atoms with E-state index in [1.165, 1.54) is 25.5 Å². The van der Waals surface area contributed by atoms with Crippen molar-refractivity contribution in [2.75, 3.05) is 37.2 Å². The zero-order chi connectivity index (χ0) is 22.0. The molecule has 4 rings (SSSR count). The Morgan fingerprint density at radius 3 is 2.42 bits per heavy atom. The van der Waals surface area contributed by atoms with Gasteiger partial charge in [0.2, 0.25) is 0 Å². The summed E-state index contributed by atoms with van der Waals surface area (Å²) in [7, 11) is -1.61. The van der Waals surface area contributed by atoms with Gasteiger partial charge in [-0.1, -0.05) is 12.1 Å². The van der Waals surface area contributed by atoms with Gasteiger partial charge in [0.25, 0.3) is 5.91 Å². The van der Waals surface area contributed by atoms with Crippen molar-refractivity contribution in [1.82, 2.24) is 0 Å². The highest BCUT2D eigenvalue weighted by Crippen LogP contribution is 2.40. The molecule has 0 N–H and O–H groups in total. The first-order valence-electron chi connectivity index (χ1n) is 10.4. The van der Waals surface area contributed by atoms with E-state index >= 15 is 0 Å². The topological polar surface area (TPSA) is 82.1 Å². The van der Waals surface area contributed by atoms with Crippen LogP contribution in [-0.2, 0) is 14.6 Å². The lowest BCUT2D eigenvalue weighted by Gasteiger charge is -2.19. The van der Waals surface area contributed by atoms with Gasteiger partial charge in [-0.2, -0.15) is 0 Å². The van der Waals surface area contributed by atoms with Crippen molar-refractivity contribution in [2.45, 2.75) is 31.3 Å². The van der Waals surface area contributed by atoms with Gasteiger partial charge in [-0.15, -0.1) is 0 Å². The number of benzene rings is 2. The standard InChI is InChI=1S/C23H27NO6S/c1-28-22-15-18(7-10-20(22)29-13-14-31(2,26)27)24-12-11-21(23(24)25)30-19-8-5-17(6-9-19)16-3-4-16/h5-10,15-16,21H,3-4,11-14H2,1-2H3/t21-/m0/s1. The average Bonchev–Trinajstić information content (AvgIpc) is 3.53. The summed E-state index contributed by atoms with van der Waals surface area (Å²) >= 11 is 0. The van der Waals surface area contributed by atoms with E-state index < -0.39 is 15.9 Å². The molecule has 1 saturated heterocycles. The molecular weight excluding hydrogens is 418 g/mol. The van der Waals surface area contributed by atoms with E-state index in [0.717, 1.165) is 6.26 Å². The molecule has 2 aromatic rings. The average molecular weight is 446 g/mol. The molecule has 0 radical (unpaired) electrons. The Balaban J connectivity index is 1.40. The van der Waals surface area contributed by atoms with E-state index in [0.29, 0.717) is 41.8 Å². The second-order valence-electron chi connectivity index (χ2n) is 8.04. The lowest BCUT2D eigenvalue weighted by molar-refractivity contribution is -0.122. The fourth-order valence-corrected chi connectivity index (χ4v) is 4.05. The Hall–Kier alpha value is -2.74. The van der Waals surface area contributed by atoms with Gasteiger partial charge in [-0.05, 0) is 48.6 Å². The smallest absolute Gasteiger partial charge is 0.268 e. The number of methoxy groups -OCH3 is 1. The molecule has 0 aromatic heterocycles. The number of sulfone groups is 1. The SMILES string of the molecule is COc1cc(N2CC[C@H](Oc3ccc(C4CC4)cc3)C2=O)ccc1OCCS(C)(=O)=O. The van der Waals surface area contributed by atoms with Crippen LogP contribution >= 0.6 is 0 Å². The second-order valence-corrected chi connectivity index (χ2v) is 10.3. The van der Waals surface area contributed by atoms with E-state index in [2.05, 4.69) is 12.1 Å². The summed E-state index contributed by atoms with van der Waals surface area (Å²) in [6.45, 7) is 0.577. The zero-order valence-corrected chi connectivity index (χ0v) is 18.6. The maximum atomic E-state index is 12.9. The number of hydrogen-bond acceptors (Lipinski definition) is 6. The molecule has 31 heavy (non-hydrogen) atoms. The van der Waals surface area contributed by atoms with Crippen molar-refractivity contribution in [3.63, 3.8) is 0 Å². The number of nitrogens with zero attached hydrogens (tertiary/aromatic N) is 1. The highest BCUT2D eigenvalue weighted by atomic mass is 32.2. The minimum atomic E-state index is -3.11. The normalized spacial score (nSPS) is 18.8. The van der Waals surface area contributed by atoms with Crippen LogP contribution in [0.1, 0.15) is 30.7 Å². The third-order valence-corrected chi connectivity index (χ3v) is 6.44. The monoisotopic (exact) mass is 445 g/mol. The molecule has 2 fully saturated rings. The number of amides is 1. The van der Waals surface area contributed by atoms with E-state index in [4.69, 9.17) is 14.2 Å². The van der Waals surface area contributed by atoms with Gasteiger partial charge < -0.3 is 19.1 Å². The summed E-state index contributed by atoms with van der Waals surface area (Å²) in [4.78, 5) is 14.6. The van der Waals surface area contributed by atoms with Crippen LogP contribution in [0.25, 0.3) is 0 Å². The summed E-state index contributed by atoms with van der Waals surface area (Å²) < 4.78 is 39.4. The van der Waals surface area contributed by atoms with E-state index in [9.17, 15) is 13.2 Å². The van der Waals surface area contributed by atoms with Crippen LogP contribution in [0.15, 0.2) is 42.5 Å². The van der Waals surface area contributed by atoms with E-state index in [1.807, 2.05) is 12.1 Å². The molecule has 1 amide bonds. The molecule has 1 heterocycles. The Morgan fingerprint density at radius 2 is 1.77 bits per heavy atom. The maximum Gasteiger partial charge on any atom is 0.268 e. The molecule has 1 saturated carbocycles. The first-order chi connectivity index (χ1) is 14.8. The lowest BCUT2D eigenvalue weighted by Crippen LogP contribution is -2.32. The number of rotatable bonds is 9. The number of anilines is 1. The van der Waals surface area contributed by atoms with Crippen LogP contribution < -0.4 is 19.1 Å². The molecule has 2 aliphatic rings. The maximum absolute atomic E-state index is 12.9. The van der Waals surface area contributed by atoms with Crippen molar-refractivity contribution in [2.24, 2.45) is 0 Å². The van der Waals surface area contributed by atoms with Gasteiger partial charge in [0.1, 0.15) is 12.4 Å². The molecule has 7 nitrogen and oxygen atoms in total. The number of carbonyl (C=O) groups is 1. The minimum Gasteiger partial charge on any atom is -0.493 e. The van der Waals surface area contributed by atoms with Crippen molar-refractivity contribution >= 4 is 21.4 Å². The summed E-state index contributed by atoms with van der Waals surface area (Å²) in [6.07, 6.45) is 3.74. The molecule has 1 aliphatic heterocycles. The van der Waals surface area contributed by atoms with Crippen LogP contribution in [0.3, 0.4) is 0 Å². The molecule has 1 aliphatic carbocycles. The fourth-order valence-electron chi connectivity index (χ4n) is 3.67. The summed E-state index contributed by atoms with van der Waals surface area (Å²) in [5, 5.41) is 0. The first-order valence-corrected chi connectivity index (χ1v) is 12.5. The van der Waals surface area contributed by atoms with Gasteiger partial charge in [0.15, 0.2) is 27.4 Å². The number of hydrogen-bond donors (Lipinski definition) is 0. The Bertz CT molecular complexity index is 1050. The highest BCUT2D eigenvalue weighted by molar-refractivity contribution is 7.90. The van der Waals surface area contributed by atoms with Crippen molar-refractivity contribution in [1.29, 1.82) is 0 Å². The fraction of sp³-hybridized carbons (Fsp3) is 0.435. The molecule has 0 spiro atoms. The van der Waals surface area contributed by atoms with E-state index in [1.54, 1.807) is 23.1 Å². The van der Waals surface area contributed by atoms with Gasteiger partial charge in [0, 0.05) is 31.0 Å². The van der Waals surface area contributed by atoms with Crippen LogP contribution in [-0.4, -0.2) is 52.7 Å². The van der Waals surface area contributed by atoms with Gasteiger partial charge in [-0.3, -0.25) is 4.79 Å². The van der Waals surface area contributed by atoms with Crippen LogP contribution in [0.5, 0.6) is 17.2 Å². The van der Waals surface area contributed by atoms with Crippen molar-refractivity contribution in [3.05, 3.63) is 48.0 Å². The summed E-state index contributed by atoms with van der Waals surface area (Å²) in [5.74, 6) is 2.09. The van der Waals surface area contributed by atoms with E-state index in [-0.39, 0.29) is 18.3 Å². The number of ether oxygens (including phenoxy) is 3.